The standard InChI is InChI=1S/C10H13BrN2/c1-7-5-13(6-7)10-3-8(2)9(11)4-12-10/h3-4,7H,5-6H2,1-2H3. The van der Waals surface area contributed by atoms with E-state index in [0.717, 1.165) is 29.3 Å². The van der Waals surface area contributed by atoms with Gasteiger partial charge in [0.15, 0.2) is 0 Å². The molecule has 0 amide bonds. The lowest BCUT2D eigenvalue weighted by Crippen LogP contribution is -2.45. The maximum Gasteiger partial charge on any atom is 0.128 e. The zero-order valence-corrected chi connectivity index (χ0v) is 9.50. The van der Waals surface area contributed by atoms with E-state index in [1.165, 1.54) is 5.56 Å². The fourth-order valence-corrected chi connectivity index (χ4v) is 1.80. The summed E-state index contributed by atoms with van der Waals surface area (Å²) in [4.78, 5) is 6.68. The van der Waals surface area contributed by atoms with Crippen molar-refractivity contribution in [2.45, 2.75) is 13.8 Å². The Kier molecular flexibility index (Phi) is 2.28. The summed E-state index contributed by atoms with van der Waals surface area (Å²) < 4.78 is 1.09. The van der Waals surface area contributed by atoms with Gasteiger partial charge in [0.05, 0.1) is 0 Å². The first-order valence-electron chi connectivity index (χ1n) is 4.54. The molecular weight excluding hydrogens is 228 g/mol. The number of pyridine rings is 1. The van der Waals surface area contributed by atoms with Crippen molar-refractivity contribution in [3.63, 3.8) is 0 Å². The molecule has 0 aliphatic carbocycles. The maximum atomic E-state index is 4.37. The lowest BCUT2D eigenvalue weighted by atomic mass is 10.0. The van der Waals surface area contributed by atoms with Gasteiger partial charge in [0.2, 0.25) is 0 Å². The smallest absolute Gasteiger partial charge is 0.128 e. The molecular formula is C10H13BrN2. The van der Waals surface area contributed by atoms with Crippen LogP contribution in [0.3, 0.4) is 0 Å². The van der Waals surface area contributed by atoms with E-state index < -0.39 is 0 Å². The van der Waals surface area contributed by atoms with E-state index in [-0.39, 0.29) is 0 Å². The molecule has 0 saturated carbocycles. The van der Waals surface area contributed by atoms with Crippen molar-refractivity contribution in [3.8, 4) is 0 Å². The van der Waals surface area contributed by atoms with E-state index in [9.17, 15) is 0 Å². The first-order chi connectivity index (χ1) is 6.16. The van der Waals surface area contributed by atoms with Gasteiger partial charge in [-0.05, 0) is 40.4 Å². The lowest BCUT2D eigenvalue weighted by molar-refractivity contribution is 0.443. The summed E-state index contributed by atoms with van der Waals surface area (Å²) in [5.41, 5.74) is 1.25. The van der Waals surface area contributed by atoms with Crippen molar-refractivity contribution in [3.05, 3.63) is 22.3 Å². The van der Waals surface area contributed by atoms with Crippen LogP contribution in [0.4, 0.5) is 5.82 Å². The first kappa shape index (κ1) is 9.00. The van der Waals surface area contributed by atoms with Gasteiger partial charge in [0.25, 0.3) is 0 Å². The third-order valence-corrected chi connectivity index (χ3v) is 3.25. The minimum absolute atomic E-state index is 0.825. The third kappa shape index (κ3) is 1.70. The molecule has 13 heavy (non-hydrogen) atoms. The number of anilines is 1. The van der Waals surface area contributed by atoms with Crippen LogP contribution in [0.15, 0.2) is 16.7 Å². The van der Waals surface area contributed by atoms with Crippen molar-refractivity contribution in [1.82, 2.24) is 4.98 Å². The highest BCUT2D eigenvalue weighted by Gasteiger charge is 2.23. The van der Waals surface area contributed by atoms with Gasteiger partial charge in [0.1, 0.15) is 5.82 Å². The van der Waals surface area contributed by atoms with Gasteiger partial charge >= 0.3 is 0 Å². The summed E-state index contributed by atoms with van der Waals surface area (Å²) in [6.45, 7) is 6.66. The summed E-state index contributed by atoms with van der Waals surface area (Å²) in [6, 6.07) is 2.13. The van der Waals surface area contributed by atoms with Gasteiger partial charge in [-0.15, -0.1) is 0 Å². The Balaban J connectivity index is 2.18. The first-order valence-corrected chi connectivity index (χ1v) is 5.33. The average molecular weight is 241 g/mol. The molecule has 1 aliphatic rings. The number of nitrogens with zero attached hydrogens (tertiary/aromatic N) is 2. The predicted molar refractivity (Wildman–Crippen MR) is 58.1 cm³/mol. The van der Waals surface area contributed by atoms with Crippen LogP contribution in [0.5, 0.6) is 0 Å². The van der Waals surface area contributed by atoms with E-state index in [1.807, 2.05) is 6.20 Å². The highest BCUT2D eigenvalue weighted by Crippen LogP contribution is 2.25. The van der Waals surface area contributed by atoms with Crippen LogP contribution in [0.25, 0.3) is 0 Å². The number of halogens is 1. The van der Waals surface area contributed by atoms with Crippen molar-refractivity contribution in [1.29, 1.82) is 0 Å². The molecule has 1 saturated heterocycles. The number of hydrogen-bond donors (Lipinski definition) is 0. The molecule has 0 atom stereocenters. The molecule has 2 heterocycles. The van der Waals surface area contributed by atoms with Gasteiger partial charge < -0.3 is 4.90 Å². The molecule has 1 aromatic heterocycles. The zero-order valence-electron chi connectivity index (χ0n) is 7.92. The third-order valence-electron chi connectivity index (χ3n) is 2.42. The Labute approximate surface area is 87.1 Å². The van der Waals surface area contributed by atoms with Crippen LogP contribution in [0, 0.1) is 12.8 Å². The number of aromatic nitrogens is 1. The van der Waals surface area contributed by atoms with Gasteiger partial charge in [-0.2, -0.15) is 0 Å². The summed E-state index contributed by atoms with van der Waals surface area (Å²) in [7, 11) is 0. The minimum atomic E-state index is 0.825. The van der Waals surface area contributed by atoms with E-state index in [2.05, 4.69) is 45.7 Å². The molecule has 1 aromatic rings. The molecule has 0 unspecified atom stereocenters. The summed E-state index contributed by atoms with van der Waals surface area (Å²) in [5, 5.41) is 0. The maximum absolute atomic E-state index is 4.37. The van der Waals surface area contributed by atoms with Crippen LogP contribution in [0.2, 0.25) is 0 Å². The quantitative estimate of drug-likeness (QED) is 0.751. The molecule has 3 heteroatoms. The van der Waals surface area contributed by atoms with E-state index in [0.29, 0.717) is 0 Å². The zero-order chi connectivity index (χ0) is 9.42. The highest BCUT2D eigenvalue weighted by molar-refractivity contribution is 9.10. The second kappa shape index (κ2) is 3.29. The van der Waals surface area contributed by atoms with Crippen molar-refractivity contribution in [2.24, 2.45) is 5.92 Å². The van der Waals surface area contributed by atoms with E-state index in [1.54, 1.807) is 0 Å². The van der Waals surface area contributed by atoms with Crippen LogP contribution < -0.4 is 4.90 Å². The molecule has 0 bridgehead atoms. The Hall–Kier alpha value is -0.570. The second-order valence-electron chi connectivity index (χ2n) is 3.80. The Bertz CT molecular complexity index is 319. The average Bonchev–Trinajstić information content (AvgIpc) is 2.05. The van der Waals surface area contributed by atoms with Crippen LogP contribution in [-0.2, 0) is 0 Å². The normalized spacial score (nSPS) is 17.3. The monoisotopic (exact) mass is 240 g/mol. The molecule has 1 fully saturated rings. The summed E-state index contributed by atoms with van der Waals surface area (Å²) in [5.74, 6) is 1.93. The van der Waals surface area contributed by atoms with Gasteiger partial charge in [-0.1, -0.05) is 6.92 Å². The Morgan fingerprint density at radius 2 is 2.23 bits per heavy atom. The lowest BCUT2D eigenvalue weighted by Gasteiger charge is -2.38. The van der Waals surface area contributed by atoms with Gasteiger partial charge in [-0.25, -0.2) is 4.98 Å². The second-order valence-corrected chi connectivity index (χ2v) is 4.66. The fourth-order valence-electron chi connectivity index (χ4n) is 1.58. The SMILES string of the molecule is Cc1cc(N2CC(C)C2)ncc1Br. The fraction of sp³-hybridized carbons (Fsp3) is 0.500. The van der Waals surface area contributed by atoms with Crippen LogP contribution in [0.1, 0.15) is 12.5 Å². The summed E-state index contributed by atoms with van der Waals surface area (Å²) in [6.07, 6.45) is 1.88. The number of aryl methyl sites for hydroxylation is 1. The molecule has 0 N–H and O–H groups in total. The molecule has 2 nitrogen and oxygen atoms in total. The topological polar surface area (TPSA) is 16.1 Å². The highest BCUT2D eigenvalue weighted by atomic mass is 79.9. The molecule has 70 valence electrons. The molecule has 1 aliphatic heterocycles. The molecule has 2 rings (SSSR count). The Morgan fingerprint density at radius 1 is 1.54 bits per heavy atom. The number of hydrogen-bond acceptors (Lipinski definition) is 2. The molecule has 0 spiro atoms. The van der Waals surface area contributed by atoms with Crippen molar-refractivity contribution >= 4 is 21.7 Å². The van der Waals surface area contributed by atoms with Gasteiger partial charge in [0, 0.05) is 23.8 Å². The van der Waals surface area contributed by atoms with Crippen LogP contribution in [-0.4, -0.2) is 18.1 Å². The van der Waals surface area contributed by atoms with Gasteiger partial charge in [-0.3, -0.25) is 0 Å². The largest absolute Gasteiger partial charge is 0.356 e. The van der Waals surface area contributed by atoms with Crippen molar-refractivity contribution in [2.75, 3.05) is 18.0 Å². The number of rotatable bonds is 1. The molecule has 0 aromatic carbocycles. The van der Waals surface area contributed by atoms with E-state index in [4.69, 9.17) is 0 Å². The Morgan fingerprint density at radius 3 is 2.77 bits per heavy atom. The predicted octanol–water partition coefficient (Wildman–Crippen LogP) is 2.61. The summed E-state index contributed by atoms with van der Waals surface area (Å²) >= 11 is 3.45. The van der Waals surface area contributed by atoms with E-state index >= 15 is 0 Å². The van der Waals surface area contributed by atoms with Crippen molar-refractivity contribution < 1.29 is 0 Å². The minimum Gasteiger partial charge on any atom is -0.356 e. The van der Waals surface area contributed by atoms with Crippen LogP contribution >= 0.6 is 15.9 Å². The molecule has 0 radical (unpaired) electrons.